The van der Waals surface area contributed by atoms with Crippen molar-refractivity contribution in [1.29, 1.82) is 0 Å². The maximum absolute atomic E-state index is 12.0. The van der Waals surface area contributed by atoms with Crippen molar-refractivity contribution in [2.45, 2.75) is 83.8 Å². The molecule has 0 amide bonds. The second-order valence-electron chi connectivity index (χ2n) is 7.27. The Morgan fingerprint density at radius 3 is 2.29 bits per heavy atom. The van der Waals surface area contributed by atoms with Gasteiger partial charge in [-0.2, -0.15) is 0 Å². The first-order valence-corrected chi connectivity index (χ1v) is 10.6. The smallest absolute Gasteiger partial charge is 0.174 e. The quantitative estimate of drug-likeness (QED) is 0.0881. The van der Waals surface area contributed by atoms with Crippen molar-refractivity contribution in [3.05, 3.63) is 35.9 Å². The van der Waals surface area contributed by atoms with Crippen molar-refractivity contribution in [2.75, 3.05) is 12.3 Å². The third-order valence-electron chi connectivity index (χ3n) is 4.74. The molecule has 1 atom stereocenters. The second kappa shape index (κ2) is 15.1. The van der Waals surface area contributed by atoms with E-state index in [2.05, 4.69) is 6.92 Å². The third kappa shape index (κ3) is 11.1. The summed E-state index contributed by atoms with van der Waals surface area (Å²) in [5.74, 6) is -0.173. The van der Waals surface area contributed by atoms with Crippen LogP contribution in [-0.4, -0.2) is 28.9 Å². The first-order valence-electron chi connectivity index (χ1n) is 10.6. The predicted octanol–water partition coefficient (Wildman–Crippen LogP) is 5.36. The van der Waals surface area contributed by atoms with Crippen LogP contribution in [0, 0.1) is 0 Å². The van der Waals surface area contributed by atoms with E-state index < -0.39 is 6.29 Å². The van der Waals surface area contributed by atoms with E-state index in [0.29, 0.717) is 12.2 Å². The number of phenolic OH excluding ortho intramolecular Hbond substituents is 1. The number of carbonyl (C=O) groups excluding carboxylic acids is 1. The van der Waals surface area contributed by atoms with E-state index in [1.54, 1.807) is 6.08 Å². The molecule has 1 aromatic rings. The normalized spacial score (nSPS) is 12.5. The zero-order valence-electron chi connectivity index (χ0n) is 17.2. The lowest BCUT2D eigenvalue weighted by Gasteiger charge is -2.08. The Morgan fingerprint density at radius 1 is 1.07 bits per heavy atom. The molecule has 1 aromatic carbocycles. The van der Waals surface area contributed by atoms with Gasteiger partial charge in [0.05, 0.1) is 12.3 Å². The molecule has 1 rings (SSSR count). The monoisotopic (exact) mass is 391 g/mol. The minimum Gasteiger partial charge on any atom is -0.506 e. The summed E-state index contributed by atoms with van der Waals surface area (Å²) >= 11 is 0. The highest BCUT2D eigenvalue weighted by atomic mass is 16.6. The summed E-state index contributed by atoms with van der Waals surface area (Å²) in [4.78, 5) is 12.0. The van der Waals surface area contributed by atoms with Crippen LogP contribution in [0.3, 0.4) is 0 Å². The van der Waals surface area contributed by atoms with Crippen LogP contribution < -0.4 is 5.73 Å². The third-order valence-corrected chi connectivity index (χ3v) is 4.74. The number of nitrogen functional groups attached to an aromatic ring is 1. The zero-order chi connectivity index (χ0) is 20.6. The van der Waals surface area contributed by atoms with E-state index >= 15 is 0 Å². The molecule has 1 unspecified atom stereocenters. The van der Waals surface area contributed by atoms with Crippen LogP contribution in [-0.2, 0) is 4.74 Å². The summed E-state index contributed by atoms with van der Waals surface area (Å²) in [7, 11) is 0. The molecule has 0 aromatic heterocycles. The Hall–Kier alpha value is -1.85. The number of hydrogen-bond donors (Lipinski definition) is 3. The number of carbonyl (C=O) groups is 1. The fourth-order valence-corrected chi connectivity index (χ4v) is 2.99. The lowest BCUT2D eigenvalue weighted by Crippen LogP contribution is -2.09. The van der Waals surface area contributed by atoms with Gasteiger partial charge in [-0.1, -0.05) is 70.8 Å². The average molecular weight is 392 g/mol. The van der Waals surface area contributed by atoms with Crippen LogP contribution in [0.25, 0.3) is 0 Å². The Balaban J connectivity index is 2.04. The average Bonchev–Trinajstić information content (AvgIpc) is 2.68. The van der Waals surface area contributed by atoms with E-state index in [9.17, 15) is 15.0 Å². The van der Waals surface area contributed by atoms with Gasteiger partial charge in [0.2, 0.25) is 0 Å². The first-order chi connectivity index (χ1) is 13.5. The van der Waals surface area contributed by atoms with Gasteiger partial charge in [-0.15, -0.1) is 0 Å². The number of nitrogens with two attached hydrogens (primary N) is 1. The number of hydrogen-bond acceptors (Lipinski definition) is 5. The minimum atomic E-state index is -0.990. The van der Waals surface area contributed by atoms with Crippen LogP contribution in [0.1, 0.15) is 87.9 Å². The van der Waals surface area contributed by atoms with Gasteiger partial charge in [0.1, 0.15) is 5.75 Å². The van der Waals surface area contributed by atoms with Crippen molar-refractivity contribution in [3.63, 3.8) is 0 Å². The number of allylic oxidation sites excluding steroid dienone is 1. The van der Waals surface area contributed by atoms with Crippen molar-refractivity contribution in [3.8, 4) is 5.75 Å². The fraction of sp³-hybridized carbons (Fsp3) is 0.609. The first kappa shape index (κ1) is 24.2. The number of unbranched alkanes of at least 4 members (excludes halogenated alkanes) is 9. The molecule has 0 fully saturated rings. The summed E-state index contributed by atoms with van der Waals surface area (Å²) in [6.07, 6.45) is 14.8. The summed E-state index contributed by atoms with van der Waals surface area (Å²) in [5.41, 5.74) is 6.19. The van der Waals surface area contributed by atoms with Gasteiger partial charge in [-0.05, 0) is 30.7 Å². The summed E-state index contributed by atoms with van der Waals surface area (Å²) < 4.78 is 5.34. The number of phenols is 1. The van der Waals surface area contributed by atoms with Gasteiger partial charge in [-0.3, -0.25) is 4.79 Å². The Labute approximate surface area is 169 Å². The SMILES string of the molecule is CCCCCCCCCCCCOC(O)C=CCC(=O)c1ccc(O)c(N)c1. The van der Waals surface area contributed by atoms with Gasteiger partial charge >= 0.3 is 0 Å². The fourth-order valence-electron chi connectivity index (χ4n) is 2.99. The van der Waals surface area contributed by atoms with Crippen LogP contribution in [0.4, 0.5) is 5.69 Å². The van der Waals surface area contributed by atoms with Gasteiger partial charge in [-0.25, -0.2) is 0 Å². The van der Waals surface area contributed by atoms with Crippen molar-refractivity contribution in [2.24, 2.45) is 0 Å². The largest absolute Gasteiger partial charge is 0.506 e. The van der Waals surface area contributed by atoms with Crippen LogP contribution in [0.5, 0.6) is 5.75 Å². The van der Waals surface area contributed by atoms with E-state index in [4.69, 9.17) is 10.5 Å². The van der Waals surface area contributed by atoms with Gasteiger partial charge in [0.15, 0.2) is 12.1 Å². The number of aliphatic hydroxyl groups excluding tert-OH is 1. The van der Waals surface area contributed by atoms with E-state index in [-0.39, 0.29) is 23.6 Å². The van der Waals surface area contributed by atoms with Gasteiger partial charge < -0.3 is 20.7 Å². The molecule has 158 valence electrons. The highest BCUT2D eigenvalue weighted by molar-refractivity contribution is 5.98. The molecular weight excluding hydrogens is 354 g/mol. The lowest BCUT2D eigenvalue weighted by molar-refractivity contribution is -0.0652. The topological polar surface area (TPSA) is 92.8 Å². The van der Waals surface area contributed by atoms with Crippen molar-refractivity contribution < 1.29 is 19.7 Å². The highest BCUT2D eigenvalue weighted by Gasteiger charge is 2.07. The molecule has 0 saturated carbocycles. The van der Waals surface area contributed by atoms with Crippen molar-refractivity contribution >= 4 is 11.5 Å². The summed E-state index contributed by atoms with van der Waals surface area (Å²) in [6.45, 7) is 2.76. The van der Waals surface area contributed by atoms with E-state index in [1.807, 2.05) is 0 Å². The molecule has 0 aliphatic carbocycles. The van der Waals surface area contributed by atoms with Crippen LogP contribution in [0.2, 0.25) is 0 Å². The number of benzene rings is 1. The Bertz CT molecular complexity index is 586. The zero-order valence-corrected chi connectivity index (χ0v) is 17.2. The number of ether oxygens (including phenoxy) is 1. The molecular formula is C23H37NO4. The molecule has 0 bridgehead atoms. The Morgan fingerprint density at radius 2 is 1.68 bits per heavy atom. The molecule has 5 heteroatoms. The van der Waals surface area contributed by atoms with E-state index in [1.165, 1.54) is 75.6 Å². The summed E-state index contributed by atoms with van der Waals surface area (Å²) in [6, 6.07) is 4.38. The molecule has 0 heterocycles. The maximum atomic E-state index is 12.0. The molecule has 4 N–H and O–H groups in total. The maximum Gasteiger partial charge on any atom is 0.174 e. The molecule has 5 nitrogen and oxygen atoms in total. The number of Topliss-reactive ketones (excluding diaryl/α,β-unsaturated/α-hetero) is 1. The molecule has 0 saturated heterocycles. The van der Waals surface area contributed by atoms with Gasteiger partial charge in [0, 0.05) is 12.0 Å². The second-order valence-corrected chi connectivity index (χ2v) is 7.27. The molecule has 28 heavy (non-hydrogen) atoms. The number of aliphatic hydroxyl groups is 1. The van der Waals surface area contributed by atoms with E-state index in [0.717, 1.165) is 12.8 Å². The molecule has 0 aliphatic heterocycles. The standard InChI is InChI=1S/C23H37NO4/c1-2-3-4-5-6-7-8-9-10-11-17-28-23(27)14-12-13-21(25)19-15-16-22(26)20(24)18-19/h12,14-16,18,23,26-27H,2-11,13,17,24H2,1H3. The Kier molecular flexibility index (Phi) is 13.1. The molecule has 0 spiro atoms. The van der Waals surface area contributed by atoms with Gasteiger partial charge in [0.25, 0.3) is 0 Å². The number of ketones is 1. The van der Waals surface area contributed by atoms with Crippen LogP contribution >= 0.6 is 0 Å². The highest BCUT2D eigenvalue weighted by Crippen LogP contribution is 2.21. The summed E-state index contributed by atoms with van der Waals surface area (Å²) in [5, 5.41) is 19.2. The molecule has 0 aliphatic rings. The number of anilines is 1. The molecule has 0 radical (unpaired) electrons. The predicted molar refractivity (Wildman–Crippen MR) is 114 cm³/mol. The van der Waals surface area contributed by atoms with Crippen molar-refractivity contribution in [1.82, 2.24) is 0 Å². The number of aromatic hydroxyl groups is 1. The van der Waals surface area contributed by atoms with Crippen LogP contribution in [0.15, 0.2) is 30.4 Å². The lowest BCUT2D eigenvalue weighted by atomic mass is 10.1. The number of rotatable bonds is 16. The minimum absolute atomic E-state index is 0.0390.